The van der Waals surface area contributed by atoms with Gasteiger partial charge in [0.2, 0.25) is 0 Å². The molecule has 0 radical (unpaired) electrons. The molecule has 2 atom stereocenters. The third-order valence-electron chi connectivity index (χ3n) is 4.52. The normalized spacial score (nSPS) is 30.2. The van der Waals surface area contributed by atoms with E-state index >= 15 is 0 Å². The van der Waals surface area contributed by atoms with Gasteiger partial charge in [-0.2, -0.15) is 0 Å². The van der Waals surface area contributed by atoms with Crippen molar-refractivity contribution in [2.24, 2.45) is 17.8 Å². The Kier molecular flexibility index (Phi) is 3.63. The van der Waals surface area contributed by atoms with Crippen molar-refractivity contribution < 1.29 is 0 Å². The first-order valence-electron chi connectivity index (χ1n) is 6.14. The summed E-state index contributed by atoms with van der Waals surface area (Å²) in [6, 6.07) is 0. The molecule has 0 amide bonds. The van der Waals surface area contributed by atoms with E-state index in [1.54, 1.807) is 0 Å². The molecule has 1 heterocycles. The molecule has 1 fully saturated rings. The van der Waals surface area contributed by atoms with Gasteiger partial charge in [-0.25, -0.2) is 0 Å². The Hall–Kier alpha value is -0.0400. The molecule has 1 nitrogen and oxygen atoms in total. The van der Waals surface area contributed by atoms with Crippen LogP contribution in [0.3, 0.4) is 0 Å². The zero-order chi connectivity index (χ0) is 10.9. The first-order valence-corrected chi connectivity index (χ1v) is 6.14. The molecule has 0 aromatic heterocycles. The van der Waals surface area contributed by atoms with Gasteiger partial charge in [-0.1, -0.05) is 34.1 Å². The number of hydrogen-bond acceptors (Lipinski definition) is 1. The summed E-state index contributed by atoms with van der Waals surface area (Å²) in [4.78, 5) is 2.69. The molecule has 0 aromatic carbocycles. The molecule has 1 rings (SSSR count). The van der Waals surface area contributed by atoms with Crippen LogP contribution in [0, 0.1) is 17.8 Å². The molecule has 14 heavy (non-hydrogen) atoms. The van der Waals surface area contributed by atoms with Gasteiger partial charge in [0.05, 0.1) is 0 Å². The smallest absolute Gasteiger partial charge is 0.0176 e. The van der Waals surface area contributed by atoms with Gasteiger partial charge in [-0.3, -0.25) is 4.90 Å². The van der Waals surface area contributed by atoms with Crippen molar-refractivity contribution >= 4 is 0 Å². The van der Waals surface area contributed by atoms with Crippen LogP contribution in [0.5, 0.6) is 0 Å². The van der Waals surface area contributed by atoms with Crippen LogP contribution in [0.1, 0.15) is 48.0 Å². The van der Waals surface area contributed by atoms with E-state index in [0.29, 0.717) is 5.54 Å². The van der Waals surface area contributed by atoms with Crippen LogP contribution in [0.25, 0.3) is 0 Å². The summed E-state index contributed by atoms with van der Waals surface area (Å²) in [5.41, 5.74) is 0.373. The van der Waals surface area contributed by atoms with Gasteiger partial charge in [0, 0.05) is 18.6 Å². The number of rotatable bonds is 3. The maximum Gasteiger partial charge on any atom is 0.0176 e. The van der Waals surface area contributed by atoms with Crippen LogP contribution >= 0.6 is 0 Å². The van der Waals surface area contributed by atoms with E-state index in [2.05, 4.69) is 46.4 Å². The molecule has 84 valence electrons. The predicted molar refractivity (Wildman–Crippen MR) is 63.4 cm³/mol. The van der Waals surface area contributed by atoms with Gasteiger partial charge >= 0.3 is 0 Å². The lowest BCUT2D eigenvalue weighted by Gasteiger charge is -2.39. The van der Waals surface area contributed by atoms with Crippen LogP contribution in [-0.2, 0) is 0 Å². The molecule has 1 saturated heterocycles. The SMILES string of the molecule is CCC1CN(C(C)(C)C(C)C)C[C@@H]1C. The molecular formula is C13H27N. The monoisotopic (exact) mass is 197 g/mol. The second-order valence-corrected chi connectivity index (χ2v) is 5.86. The summed E-state index contributed by atoms with van der Waals surface area (Å²) in [5, 5.41) is 0. The highest BCUT2D eigenvalue weighted by Crippen LogP contribution is 2.34. The van der Waals surface area contributed by atoms with Crippen LogP contribution in [0.2, 0.25) is 0 Å². The van der Waals surface area contributed by atoms with Gasteiger partial charge in [0.15, 0.2) is 0 Å². The number of hydrogen-bond donors (Lipinski definition) is 0. The highest BCUT2D eigenvalue weighted by Gasteiger charge is 2.38. The fourth-order valence-electron chi connectivity index (χ4n) is 2.40. The van der Waals surface area contributed by atoms with Gasteiger partial charge in [-0.05, 0) is 31.6 Å². The van der Waals surface area contributed by atoms with Crippen molar-refractivity contribution in [3.8, 4) is 0 Å². The van der Waals surface area contributed by atoms with E-state index < -0.39 is 0 Å². The maximum absolute atomic E-state index is 2.69. The molecular weight excluding hydrogens is 170 g/mol. The Morgan fingerprint density at radius 2 is 1.86 bits per heavy atom. The molecule has 0 spiro atoms. The standard InChI is InChI=1S/C13H27N/c1-7-12-9-14(8-11(12)4)13(5,6)10(2)3/h10-12H,7-9H2,1-6H3/t11-,12?/m0/s1. The summed E-state index contributed by atoms with van der Waals surface area (Å²) < 4.78 is 0. The topological polar surface area (TPSA) is 3.24 Å². The van der Waals surface area contributed by atoms with Gasteiger partial charge in [-0.15, -0.1) is 0 Å². The fraction of sp³-hybridized carbons (Fsp3) is 1.00. The lowest BCUT2D eigenvalue weighted by molar-refractivity contribution is 0.0972. The highest BCUT2D eigenvalue weighted by atomic mass is 15.2. The third kappa shape index (κ3) is 2.13. The second-order valence-electron chi connectivity index (χ2n) is 5.86. The molecule has 0 aromatic rings. The summed E-state index contributed by atoms with van der Waals surface area (Å²) >= 11 is 0. The number of nitrogens with zero attached hydrogens (tertiary/aromatic N) is 1. The lowest BCUT2D eigenvalue weighted by atomic mass is 9.89. The molecule has 1 aliphatic heterocycles. The summed E-state index contributed by atoms with van der Waals surface area (Å²) in [6.07, 6.45) is 1.34. The Bertz CT molecular complexity index is 184. The van der Waals surface area contributed by atoms with E-state index in [1.807, 2.05) is 0 Å². The largest absolute Gasteiger partial charge is 0.297 e. The van der Waals surface area contributed by atoms with Crippen LogP contribution in [0.4, 0.5) is 0 Å². The van der Waals surface area contributed by atoms with E-state index in [4.69, 9.17) is 0 Å². The summed E-state index contributed by atoms with van der Waals surface area (Å²) in [5.74, 6) is 2.55. The van der Waals surface area contributed by atoms with E-state index in [0.717, 1.165) is 17.8 Å². The first kappa shape index (κ1) is 12.0. The summed E-state index contributed by atoms with van der Waals surface area (Å²) in [7, 11) is 0. The molecule has 1 unspecified atom stereocenters. The van der Waals surface area contributed by atoms with Crippen LogP contribution < -0.4 is 0 Å². The Morgan fingerprint density at radius 3 is 2.21 bits per heavy atom. The van der Waals surface area contributed by atoms with E-state index in [1.165, 1.54) is 19.5 Å². The van der Waals surface area contributed by atoms with Crippen molar-refractivity contribution in [1.29, 1.82) is 0 Å². The average Bonchev–Trinajstić information content (AvgIpc) is 2.47. The molecule has 1 aliphatic rings. The van der Waals surface area contributed by atoms with E-state index in [9.17, 15) is 0 Å². The Balaban J connectivity index is 2.65. The van der Waals surface area contributed by atoms with E-state index in [-0.39, 0.29) is 0 Å². The first-order chi connectivity index (χ1) is 6.39. The highest BCUT2D eigenvalue weighted by molar-refractivity contribution is 4.92. The summed E-state index contributed by atoms with van der Waals surface area (Å²) in [6.45, 7) is 16.8. The molecule has 0 aliphatic carbocycles. The van der Waals surface area contributed by atoms with Crippen LogP contribution in [-0.4, -0.2) is 23.5 Å². The number of likely N-dealkylation sites (tertiary alicyclic amines) is 1. The maximum atomic E-state index is 2.69. The zero-order valence-electron chi connectivity index (χ0n) is 10.8. The Labute approximate surface area is 89.9 Å². The lowest BCUT2D eigenvalue weighted by Crippen LogP contribution is -2.46. The average molecular weight is 197 g/mol. The minimum Gasteiger partial charge on any atom is -0.297 e. The van der Waals surface area contributed by atoms with Gasteiger partial charge in [0.25, 0.3) is 0 Å². The van der Waals surface area contributed by atoms with Crippen molar-refractivity contribution in [1.82, 2.24) is 4.90 Å². The third-order valence-corrected chi connectivity index (χ3v) is 4.52. The van der Waals surface area contributed by atoms with Crippen molar-refractivity contribution in [2.75, 3.05) is 13.1 Å². The van der Waals surface area contributed by atoms with Crippen molar-refractivity contribution in [3.05, 3.63) is 0 Å². The quantitative estimate of drug-likeness (QED) is 0.670. The second kappa shape index (κ2) is 4.22. The minimum absolute atomic E-state index is 0.373. The van der Waals surface area contributed by atoms with Crippen molar-refractivity contribution in [3.63, 3.8) is 0 Å². The molecule has 1 heteroatoms. The Morgan fingerprint density at radius 1 is 1.29 bits per heavy atom. The fourth-order valence-corrected chi connectivity index (χ4v) is 2.40. The minimum atomic E-state index is 0.373. The van der Waals surface area contributed by atoms with Crippen molar-refractivity contribution in [2.45, 2.75) is 53.5 Å². The molecule has 0 bridgehead atoms. The predicted octanol–water partition coefficient (Wildman–Crippen LogP) is 3.40. The van der Waals surface area contributed by atoms with Crippen LogP contribution in [0.15, 0.2) is 0 Å². The molecule has 0 N–H and O–H groups in total. The van der Waals surface area contributed by atoms with Gasteiger partial charge in [0.1, 0.15) is 0 Å². The van der Waals surface area contributed by atoms with Gasteiger partial charge < -0.3 is 0 Å². The molecule has 0 saturated carbocycles. The zero-order valence-corrected chi connectivity index (χ0v) is 10.8.